The number of hydrogen-bond donors (Lipinski definition) is 1. The zero-order valence-corrected chi connectivity index (χ0v) is 18.9. The number of aromatic nitrogens is 4. The fourth-order valence-electron chi connectivity index (χ4n) is 3.74. The minimum atomic E-state index is -0.483. The molecule has 0 aliphatic heterocycles. The molecular weight excluding hydrogens is 436 g/mol. The average Bonchev–Trinajstić information content (AvgIpc) is 3.20. The number of fused-ring (bicyclic) bond motifs is 1. The Labute approximate surface area is 195 Å². The first kappa shape index (κ1) is 22.8. The Morgan fingerprint density at radius 2 is 1.76 bits per heavy atom. The number of anilines is 1. The summed E-state index contributed by atoms with van der Waals surface area (Å²) in [5.74, 6) is -0.102. The molecule has 0 atom stereocenters. The molecule has 0 saturated heterocycles. The number of amides is 1. The van der Waals surface area contributed by atoms with Crippen LogP contribution in [-0.2, 0) is 6.54 Å². The second-order valence-corrected chi connectivity index (χ2v) is 7.94. The van der Waals surface area contributed by atoms with Gasteiger partial charge < -0.3 is 5.32 Å². The molecule has 2 heterocycles. The van der Waals surface area contributed by atoms with E-state index in [0.29, 0.717) is 34.5 Å². The molecule has 0 aliphatic rings. The third kappa shape index (κ3) is 4.56. The molecule has 2 aromatic heterocycles. The second kappa shape index (κ2) is 9.65. The normalized spacial score (nSPS) is 11.0. The van der Waals surface area contributed by atoms with E-state index in [0.717, 1.165) is 19.3 Å². The molecule has 0 aliphatic carbocycles. The van der Waals surface area contributed by atoms with Gasteiger partial charge in [-0.2, -0.15) is 10.2 Å². The van der Waals surface area contributed by atoms with Crippen LogP contribution in [0.5, 0.6) is 0 Å². The third-order valence-corrected chi connectivity index (χ3v) is 5.43. The van der Waals surface area contributed by atoms with Gasteiger partial charge in [0.15, 0.2) is 5.69 Å². The van der Waals surface area contributed by atoms with E-state index in [2.05, 4.69) is 22.4 Å². The van der Waals surface area contributed by atoms with E-state index in [4.69, 9.17) is 0 Å². The molecule has 4 rings (SSSR count). The van der Waals surface area contributed by atoms with Crippen molar-refractivity contribution < 1.29 is 9.72 Å². The molecule has 0 bridgehead atoms. The zero-order chi connectivity index (χ0) is 24.2. The zero-order valence-electron chi connectivity index (χ0n) is 18.9. The van der Waals surface area contributed by atoms with Gasteiger partial charge in [-0.15, -0.1) is 0 Å². The number of nitrogens with zero attached hydrogens (tertiary/aromatic N) is 5. The summed E-state index contributed by atoms with van der Waals surface area (Å²) in [5.41, 5.74) is 1.07. The van der Waals surface area contributed by atoms with Crippen LogP contribution in [-0.4, -0.2) is 30.4 Å². The Morgan fingerprint density at radius 1 is 1.06 bits per heavy atom. The molecule has 0 fully saturated rings. The van der Waals surface area contributed by atoms with Crippen molar-refractivity contribution in [1.82, 2.24) is 19.6 Å². The lowest BCUT2D eigenvalue weighted by atomic mass is 10.1. The van der Waals surface area contributed by atoms with Gasteiger partial charge in [-0.3, -0.25) is 19.7 Å². The van der Waals surface area contributed by atoms with Crippen molar-refractivity contribution in [2.24, 2.45) is 0 Å². The van der Waals surface area contributed by atoms with Gasteiger partial charge in [-0.1, -0.05) is 38.0 Å². The van der Waals surface area contributed by atoms with Gasteiger partial charge in [0.25, 0.3) is 17.2 Å². The third-order valence-electron chi connectivity index (χ3n) is 5.43. The molecule has 10 nitrogen and oxygen atoms in total. The van der Waals surface area contributed by atoms with Gasteiger partial charge in [-0.05, 0) is 31.5 Å². The fraction of sp³-hybridized carbons (Fsp3) is 0.250. The number of rotatable bonds is 8. The van der Waals surface area contributed by atoms with Crippen LogP contribution in [0, 0.1) is 17.0 Å². The number of hydrogen-bond acceptors (Lipinski definition) is 6. The summed E-state index contributed by atoms with van der Waals surface area (Å²) in [6.07, 6.45) is 2.74. The lowest BCUT2D eigenvalue weighted by Gasteiger charge is -2.12. The highest BCUT2D eigenvalue weighted by Crippen LogP contribution is 2.22. The van der Waals surface area contributed by atoms with Gasteiger partial charge in [-0.25, -0.2) is 9.36 Å². The topological polar surface area (TPSA) is 125 Å². The van der Waals surface area contributed by atoms with E-state index in [1.54, 1.807) is 49.4 Å². The van der Waals surface area contributed by atoms with Crippen molar-refractivity contribution in [3.05, 3.63) is 86.5 Å². The van der Waals surface area contributed by atoms with Gasteiger partial charge in [0.05, 0.1) is 21.7 Å². The lowest BCUT2D eigenvalue weighted by molar-refractivity contribution is -0.384. The van der Waals surface area contributed by atoms with Crippen molar-refractivity contribution >= 4 is 28.2 Å². The number of nitro groups is 1. The Kier molecular flexibility index (Phi) is 6.48. The molecule has 34 heavy (non-hydrogen) atoms. The number of nitro benzene ring substituents is 1. The highest BCUT2D eigenvalue weighted by Gasteiger charge is 2.19. The summed E-state index contributed by atoms with van der Waals surface area (Å²) in [6.45, 7) is 4.28. The largest absolute Gasteiger partial charge is 0.305 e. The lowest BCUT2D eigenvalue weighted by Crippen LogP contribution is -2.28. The summed E-state index contributed by atoms with van der Waals surface area (Å²) >= 11 is 0. The molecule has 0 saturated carbocycles. The van der Waals surface area contributed by atoms with Gasteiger partial charge >= 0.3 is 0 Å². The van der Waals surface area contributed by atoms with Crippen LogP contribution >= 0.6 is 0 Å². The molecule has 2 aromatic carbocycles. The Morgan fingerprint density at radius 3 is 2.44 bits per heavy atom. The predicted octanol–water partition coefficient (Wildman–Crippen LogP) is 4.24. The number of aryl methyl sites for hydroxylation is 2. The number of benzene rings is 2. The minimum absolute atomic E-state index is 0.0424. The maximum Gasteiger partial charge on any atom is 0.277 e. The van der Waals surface area contributed by atoms with Crippen molar-refractivity contribution in [2.75, 3.05) is 5.32 Å². The van der Waals surface area contributed by atoms with Crippen LogP contribution in [0.1, 0.15) is 42.4 Å². The standard InChI is InChI=1S/C24H24N6O4/c1-3-4-7-14-28-24(32)20-9-6-5-8-19(20)22(27-28)23(31)25-21-15-16(2)26-29(21)17-10-12-18(13-11-17)30(33)34/h5-6,8-13,15H,3-4,7,14H2,1-2H3,(H,25,31). The molecule has 0 unspecified atom stereocenters. The number of non-ortho nitro benzene ring substituents is 1. The summed E-state index contributed by atoms with van der Waals surface area (Å²) in [7, 11) is 0. The van der Waals surface area contributed by atoms with Crippen LogP contribution in [0.4, 0.5) is 11.5 Å². The van der Waals surface area contributed by atoms with E-state index in [1.807, 2.05) is 0 Å². The van der Waals surface area contributed by atoms with Crippen molar-refractivity contribution in [2.45, 2.75) is 39.7 Å². The molecule has 0 spiro atoms. The average molecular weight is 460 g/mol. The van der Waals surface area contributed by atoms with E-state index < -0.39 is 10.8 Å². The quantitative estimate of drug-likeness (QED) is 0.238. The Balaban J connectivity index is 1.71. The van der Waals surface area contributed by atoms with Crippen LogP contribution in [0.25, 0.3) is 16.5 Å². The van der Waals surface area contributed by atoms with Gasteiger partial charge in [0.2, 0.25) is 0 Å². The molecular formula is C24H24N6O4. The number of carbonyl (C=O) groups is 1. The van der Waals surface area contributed by atoms with E-state index >= 15 is 0 Å². The number of carbonyl (C=O) groups excluding carboxylic acids is 1. The maximum atomic E-state index is 13.3. The number of unbranched alkanes of at least 4 members (excludes halogenated alkanes) is 2. The first-order chi connectivity index (χ1) is 16.4. The second-order valence-electron chi connectivity index (χ2n) is 7.94. The van der Waals surface area contributed by atoms with Gasteiger partial charge in [0.1, 0.15) is 5.82 Å². The molecule has 1 N–H and O–H groups in total. The SMILES string of the molecule is CCCCCn1nc(C(=O)Nc2cc(C)nn2-c2ccc([N+](=O)[O-])cc2)c2ccccc2c1=O. The van der Waals surface area contributed by atoms with Crippen LogP contribution in [0.3, 0.4) is 0 Å². The molecule has 0 radical (unpaired) electrons. The summed E-state index contributed by atoms with van der Waals surface area (Å²) in [4.78, 5) is 36.7. The predicted molar refractivity (Wildman–Crippen MR) is 128 cm³/mol. The monoisotopic (exact) mass is 460 g/mol. The van der Waals surface area contributed by atoms with Crippen LogP contribution < -0.4 is 10.9 Å². The van der Waals surface area contributed by atoms with E-state index in [9.17, 15) is 19.7 Å². The molecule has 4 aromatic rings. The smallest absolute Gasteiger partial charge is 0.277 e. The van der Waals surface area contributed by atoms with Gasteiger partial charge in [0, 0.05) is 30.1 Å². The van der Waals surface area contributed by atoms with Crippen molar-refractivity contribution in [1.29, 1.82) is 0 Å². The maximum absolute atomic E-state index is 13.3. The van der Waals surface area contributed by atoms with E-state index in [-0.39, 0.29) is 16.9 Å². The first-order valence-electron chi connectivity index (χ1n) is 11.0. The summed E-state index contributed by atoms with van der Waals surface area (Å²) < 4.78 is 2.85. The van der Waals surface area contributed by atoms with Crippen molar-refractivity contribution in [3.8, 4) is 5.69 Å². The Hall–Kier alpha value is -4.34. The minimum Gasteiger partial charge on any atom is -0.305 e. The molecule has 10 heteroatoms. The fourth-order valence-corrected chi connectivity index (χ4v) is 3.74. The summed E-state index contributed by atoms with van der Waals surface area (Å²) in [5, 5.41) is 23.5. The van der Waals surface area contributed by atoms with Crippen LogP contribution in [0.2, 0.25) is 0 Å². The van der Waals surface area contributed by atoms with E-state index in [1.165, 1.54) is 21.5 Å². The van der Waals surface area contributed by atoms with Crippen molar-refractivity contribution in [3.63, 3.8) is 0 Å². The number of nitrogens with one attached hydrogen (secondary N) is 1. The highest BCUT2D eigenvalue weighted by atomic mass is 16.6. The van der Waals surface area contributed by atoms with Crippen LogP contribution in [0.15, 0.2) is 59.4 Å². The first-order valence-corrected chi connectivity index (χ1v) is 11.0. The molecule has 174 valence electrons. The summed E-state index contributed by atoms with van der Waals surface area (Å²) in [6, 6.07) is 14.5. The highest BCUT2D eigenvalue weighted by molar-refractivity contribution is 6.10. The molecule has 1 amide bonds. The Bertz CT molecular complexity index is 1420.